The van der Waals surface area contributed by atoms with E-state index in [0.717, 1.165) is 6.42 Å². The van der Waals surface area contributed by atoms with E-state index in [1.807, 2.05) is 6.92 Å². The number of carbonyl (C=O) groups is 1. The maximum absolute atomic E-state index is 11.5. The van der Waals surface area contributed by atoms with Gasteiger partial charge in [0.25, 0.3) is 0 Å². The minimum atomic E-state index is -0.486. The largest absolute Gasteiger partial charge is 0.493 e. The van der Waals surface area contributed by atoms with E-state index in [1.165, 1.54) is 0 Å². The standard InChI is InChI=1S/C14H19Cl2NO3/c1-2-3-10(18)9-17-14(19)6-7-20-11-4-5-12(15)13(16)8-11/h4-5,8,10,18H,2-3,6-7,9H2,1H3,(H,17,19). The third-order valence-electron chi connectivity index (χ3n) is 2.65. The van der Waals surface area contributed by atoms with Gasteiger partial charge in [0.05, 0.1) is 29.2 Å². The molecule has 0 saturated carbocycles. The number of aliphatic hydroxyl groups is 1. The first kappa shape index (κ1) is 17.1. The normalized spacial score (nSPS) is 12.0. The van der Waals surface area contributed by atoms with E-state index in [0.29, 0.717) is 22.2 Å². The first-order chi connectivity index (χ1) is 9.52. The maximum atomic E-state index is 11.5. The van der Waals surface area contributed by atoms with Crippen LogP contribution in [0.2, 0.25) is 10.0 Å². The predicted molar refractivity (Wildman–Crippen MR) is 80.5 cm³/mol. The van der Waals surface area contributed by atoms with Crippen LogP contribution >= 0.6 is 23.2 Å². The quantitative estimate of drug-likeness (QED) is 0.774. The van der Waals surface area contributed by atoms with Crippen molar-refractivity contribution in [1.82, 2.24) is 5.32 Å². The summed E-state index contributed by atoms with van der Waals surface area (Å²) in [5.41, 5.74) is 0. The topological polar surface area (TPSA) is 58.6 Å². The van der Waals surface area contributed by atoms with Gasteiger partial charge in [-0.25, -0.2) is 0 Å². The van der Waals surface area contributed by atoms with Gasteiger partial charge in [0.1, 0.15) is 5.75 Å². The van der Waals surface area contributed by atoms with Gasteiger partial charge >= 0.3 is 0 Å². The fourth-order valence-electron chi connectivity index (χ4n) is 1.58. The van der Waals surface area contributed by atoms with Gasteiger partial charge in [-0.05, 0) is 18.6 Å². The van der Waals surface area contributed by atoms with Crippen LogP contribution in [-0.4, -0.2) is 30.3 Å². The van der Waals surface area contributed by atoms with Crippen molar-refractivity contribution in [2.75, 3.05) is 13.2 Å². The van der Waals surface area contributed by atoms with Crippen LogP contribution in [0.4, 0.5) is 0 Å². The molecule has 0 aliphatic rings. The molecule has 112 valence electrons. The summed E-state index contributed by atoms with van der Waals surface area (Å²) < 4.78 is 5.40. The van der Waals surface area contributed by atoms with E-state index >= 15 is 0 Å². The van der Waals surface area contributed by atoms with Gasteiger partial charge in [-0.1, -0.05) is 36.5 Å². The highest BCUT2D eigenvalue weighted by Gasteiger charge is 2.07. The highest BCUT2D eigenvalue weighted by molar-refractivity contribution is 6.42. The summed E-state index contributed by atoms with van der Waals surface area (Å²) in [5.74, 6) is 0.415. The van der Waals surface area contributed by atoms with Crippen LogP contribution < -0.4 is 10.1 Å². The molecule has 0 aliphatic heterocycles. The molecular formula is C14H19Cl2NO3. The molecule has 0 fully saturated rings. The van der Waals surface area contributed by atoms with E-state index < -0.39 is 6.10 Å². The summed E-state index contributed by atoms with van der Waals surface area (Å²) >= 11 is 11.6. The number of ether oxygens (including phenoxy) is 1. The van der Waals surface area contributed by atoms with Crippen LogP contribution in [0.25, 0.3) is 0 Å². The Hall–Kier alpha value is -0.970. The van der Waals surface area contributed by atoms with Crippen molar-refractivity contribution in [2.45, 2.75) is 32.3 Å². The number of aliphatic hydroxyl groups excluding tert-OH is 1. The number of hydrogen-bond acceptors (Lipinski definition) is 3. The van der Waals surface area contributed by atoms with E-state index in [1.54, 1.807) is 18.2 Å². The number of rotatable bonds is 8. The van der Waals surface area contributed by atoms with Crippen molar-refractivity contribution >= 4 is 29.1 Å². The first-order valence-corrected chi connectivity index (χ1v) is 7.31. The molecule has 20 heavy (non-hydrogen) atoms. The lowest BCUT2D eigenvalue weighted by atomic mass is 10.2. The molecule has 0 aliphatic carbocycles. The average molecular weight is 320 g/mol. The van der Waals surface area contributed by atoms with Crippen LogP contribution in [0.5, 0.6) is 5.75 Å². The molecule has 1 aromatic rings. The van der Waals surface area contributed by atoms with E-state index in [4.69, 9.17) is 27.9 Å². The molecule has 0 bridgehead atoms. The second kappa shape index (κ2) is 9.06. The second-order valence-electron chi connectivity index (χ2n) is 4.42. The molecule has 1 rings (SSSR count). The zero-order valence-corrected chi connectivity index (χ0v) is 12.9. The summed E-state index contributed by atoms with van der Waals surface area (Å²) in [7, 11) is 0. The summed E-state index contributed by atoms with van der Waals surface area (Å²) in [6, 6.07) is 4.93. The van der Waals surface area contributed by atoms with Crippen molar-refractivity contribution in [3.63, 3.8) is 0 Å². The minimum absolute atomic E-state index is 0.153. The van der Waals surface area contributed by atoms with Crippen LogP contribution in [0.3, 0.4) is 0 Å². The molecule has 1 unspecified atom stereocenters. The van der Waals surface area contributed by atoms with Crippen LogP contribution in [-0.2, 0) is 4.79 Å². The van der Waals surface area contributed by atoms with Gasteiger partial charge in [-0.3, -0.25) is 4.79 Å². The zero-order chi connectivity index (χ0) is 15.0. The third-order valence-corrected chi connectivity index (χ3v) is 3.38. The van der Waals surface area contributed by atoms with E-state index in [9.17, 15) is 9.90 Å². The number of nitrogens with one attached hydrogen (secondary N) is 1. The Balaban J connectivity index is 2.23. The van der Waals surface area contributed by atoms with Crippen LogP contribution in [0.15, 0.2) is 18.2 Å². The van der Waals surface area contributed by atoms with Gasteiger partial charge in [-0.15, -0.1) is 0 Å². The lowest BCUT2D eigenvalue weighted by Crippen LogP contribution is -2.32. The van der Waals surface area contributed by atoms with Crippen molar-refractivity contribution in [3.05, 3.63) is 28.2 Å². The Bertz CT molecular complexity index is 440. The summed E-state index contributed by atoms with van der Waals surface area (Å²) in [6.07, 6.45) is 1.30. The smallest absolute Gasteiger partial charge is 0.223 e. The molecule has 2 N–H and O–H groups in total. The Labute approximate surface area is 129 Å². The minimum Gasteiger partial charge on any atom is -0.493 e. The molecule has 0 saturated heterocycles. The highest BCUT2D eigenvalue weighted by Crippen LogP contribution is 2.26. The molecule has 6 heteroatoms. The van der Waals surface area contributed by atoms with Crippen LogP contribution in [0.1, 0.15) is 26.2 Å². The number of amides is 1. The Morgan fingerprint density at radius 2 is 2.15 bits per heavy atom. The van der Waals surface area contributed by atoms with Gasteiger partial charge in [0, 0.05) is 12.6 Å². The molecule has 0 spiro atoms. The molecular weight excluding hydrogens is 301 g/mol. The molecule has 0 heterocycles. The number of carbonyl (C=O) groups excluding carboxylic acids is 1. The monoisotopic (exact) mass is 319 g/mol. The predicted octanol–water partition coefficient (Wildman–Crippen LogP) is 3.04. The second-order valence-corrected chi connectivity index (χ2v) is 5.24. The molecule has 1 amide bonds. The van der Waals surface area contributed by atoms with Gasteiger partial charge in [0.2, 0.25) is 5.91 Å². The summed E-state index contributed by atoms with van der Waals surface area (Å²) in [4.78, 5) is 11.5. The van der Waals surface area contributed by atoms with Gasteiger partial charge in [-0.2, -0.15) is 0 Å². The first-order valence-electron chi connectivity index (χ1n) is 6.55. The number of halogens is 2. The fraction of sp³-hybridized carbons (Fsp3) is 0.500. The van der Waals surface area contributed by atoms with Gasteiger partial charge in [0.15, 0.2) is 0 Å². The molecule has 1 aromatic carbocycles. The van der Waals surface area contributed by atoms with Crippen LogP contribution in [0, 0.1) is 0 Å². The lowest BCUT2D eigenvalue weighted by Gasteiger charge is -2.11. The van der Waals surface area contributed by atoms with Crippen molar-refractivity contribution in [3.8, 4) is 5.75 Å². The number of hydrogen-bond donors (Lipinski definition) is 2. The molecule has 4 nitrogen and oxygen atoms in total. The zero-order valence-electron chi connectivity index (χ0n) is 11.4. The Morgan fingerprint density at radius 3 is 2.80 bits per heavy atom. The molecule has 0 radical (unpaired) electrons. The lowest BCUT2D eigenvalue weighted by molar-refractivity contribution is -0.122. The van der Waals surface area contributed by atoms with Gasteiger partial charge < -0.3 is 15.2 Å². The Kier molecular flexibility index (Phi) is 7.73. The average Bonchev–Trinajstić information content (AvgIpc) is 2.41. The highest BCUT2D eigenvalue weighted by atomic mass is 35.5. The molecule has 0 aromatic heterocycles. The molecule has 1 atom stereocenters. The van der Waals surface area contributed by atoms with Crippen molar-refractivity contribution in [2.24, 2.45) is 0 Å². The Morgan fingerprint density at radius 1 is 1.40 bits per heavy atom. The van der Waals surface area contributed by atoms with Crippen molar-refractivity contribution in [1.29, 1.82) is 0 Å². The SMILES string of the molecule is CCCC(O)CNC(=O)CCOc1ccc(Cl)c(Cl)c1. The summed E-state index contributed by atoms with van der Waals surface area (Å²) in [5, 5.41) is 13.0. The summed E-state index contributed by atoms with van der Waals surface area (Å²) in [6.45, 7) is 2.50. The van der Waals surface area contributed by atoms with Crippen molar-refractivity contribution < 1.29 is 14.6 Å². The van der Waals surface area contributed by atoms with E-state index in [2.05, 4.69) is 5.32 Å². The number of benzene rings is 1. The third kappa shape index (κ3) is 6.46. The fourth-order valence-corrected chi connectivity index (χ4v) is 1.87. The maximum Gasteiger partial charge on any atom is 0.223 e. The van der Waals surface area contributed by atoms with E-state index in [-0.39, 0.29) is 25.5 Å².